The molecule has 1 N–H and O–H groups in total. The molecule has 0 heterocycles. The van der Waals surface area contributed by atoms with Crippen LogP contribution in [0.15, 0.2) is 36.4 Å². The highest BCUT2D eigenvalue weighted by atomic mass is 16.5. The summed E-state index contributed by atoms with van der Waals surface area (Å²) in [4.78, 5) is 12.8. The molecule has 0 saturated heterocycles. The highest BCUT2D eigenvalue weighted by Gasteiger charge is 2.32. The van der Waals surface area contributed by atoms with Crippen molar-refractivity contribution in [1.29, 1.82) is 0 Å². The molecule has 0 saturated carbocycles. The van der Waals surface area contributed by atoms with Crippen molar-refractivity contribution in [2.75, 3.05) is 18.5 Å². The molecule has 0 unspecified atom stereocenters. The zero-order valence-corrected chi connectivity index (χ0v) is 15.0. The van der Waals surface area contributed by atoms with Gasteiger partial charge in [-0.3, -0.25) is 4.79 Å². The van der Waals surface area contributed by atoms with E-state index in [1.165, 1.54) is 0 Å². The summed E-state index contributed by atoms with van der Waals surface area (Å²) in [6.45, 7) is 8.98. The maximum atomic E-state index is 12.8. The van der Waals surface area contributed by atoms with E-state index in [9.17, 15) is 4.79 Å². The van der Waals surface area contributed by atoms with Crippen LogP contribution in [-0.4, -0.2) is 24.7 Å². The van der Waals surface area contributed by atoms with Gasteiger partial charge in [0.25, 0.3) is 5.91 Å². The highest BCUT2D eigenvalue weighted by molar-refractivity contribution is 6.06. The molecule has 1 atom stereocenters. The van der Waals surface area contributed by atoms with E-state index in [4.69, 9.17) is 9.47 Å². The molecule has 0 aliphatic rings. The van der Waals surface area contributed by atoms with Crippen LogP contribution in [0.4, 0.5) is 5.69 Å². The van der Waals surface area contributed by atoms with Crippen LogP contribution >= 0.6 is 0 Å². The maximum absolute atomic E-state index is 12.8. The molecule has 0 fully saturated rings. The molecular weight excluding hydrogens is 302 g/mol. The van der Waals surface area contributed by atoms with Crippen molar-refractivity contribution in [3.8, 4) is 5.75 Å². The predicted octanol–water partition coefficient (Wildman–Crippen LogP) is 4.77. The number of ether oxygens (including phenoxy) is 2. The van der Waals surface area contributed by atoms with Crippen LogP contribution in [0.1, 0.15) is 40.5 Å². The molecule has 24 heavy (non-hydrogen) atoms. The van der Waals surface area contributed by atoms with E-state index in [1.807, 2.05) is 64.1 Å². The molecule has 2 aromatic rings. The Morgan fingerprint density at radius 2 is 1.79 bits per heavy atom. The standard InChI is InChI=1S/C20H27NO3/c1-5-14-24-20(4,6-2)19(22)21-17-12-13-18(23-7-3)16-11-9-8-10-15(16)17/h8-13H,5-7,14H2,1-4H3,(H,21,22)/t20-/m0/s1. The lowest BCUT2D eigenvalue weighted by Gasteiger charge is -2.27. The molecule has 0 aliphatic carbocycles. The fourth-order valence-corrected chi connectivity index (χ4v) is 2.57. The molecule has 0 radical (unpaired) electrons. The molecule has 0 aliphatic heterocycles. The molecule has 2 aromatic carbocycles. The van der Waals surface area contributed by atoms with E-state index in [0.717, 1.165) is 28.6 Å². The van der Waals surface area contributed by atoms with Gasteiger partial charge in [-0.25, -0.2) is 0 Å². The number of fused-ring (bicyclic) bond motifs is 1. The average molecular weight is 329 g/mol. The number of nitrogens with one attached hydrogen (secondary N) is 1. The van der Waals surface area contributed by atoms with Crippen LogP contribution in [0.3, 0.4) is 0 Å². The van der Waals surface area contributed by atoms with E-state index >= 15 is 0 Å². The van der Waals surface area contributed by atoms with Crippen molar-refractivity contribution in [2.45, 2.75) is 46.1 Å². The number of hydrogen-bond acceptors (Lipinski definition) is 3. The first-order chi connectivity index (χ1) is 11.6. The predicted molar refractivity (Wildman–Crippen MR) is 98.7 cm³/mol. The minimum absolute atomic E-state index is 0.118. The second-order valence-corrected chi connectivity index (χ2v) is 5.98. The Kier molecular flexibility index (Phi) is 6.21. The van der Waals surface area contributed by atoms with Crippen LogP contribution in [0.25, 0.3) is 10.8 Å². The molecule has 1 amide bonds. The zero-order chi connectivity index (χ0) is 17.6. The number of hydrogen-bond donors (Lipinski definition) is 1. The van der Waals surface area contributed by atoms with Crippen molar-refractivity contribution in [1.82, 2.24) is 0 Å². The first kappa shape index (κ1) is 18.3. The van der Waals surface area contributed by atoms with Gasteiger partial charge in [0.2, 0.25) is 0 Å². The Bertz CT molecular complexity index is 698. The first-order valence-electron chi connectivity index (χ1n) is 8.65. The second-order valence-electron chi connectivity index (χ2n) is 5.98. The van der Waals surface area contributed by atoms with E-state index in [-0.39, 0.29) is 5.91 Å². The van der Waals surface area contributed by atoms with Gasteiger partial charge in [-0.15, -0.1) is 0 Å². The normalized spacial score (nSPS) is 13.5. The Labute approximate surface area is 144 Å². The number of carbonyl (C=O) groups excluding carboxylic acids is 1. The van der Waals surface area contributed by atoms with Gasteiger partial charge < -0.3 is 14.8 Å². The zero-order valence-electron chi connectivity index (χ0n) is 15.0. The van der Waals surface area contributed by atoms with Gasteiger partial charge in [0, 0.05) is 23.1 Å². The third kappa shape index (κ3) is 3.88. The van der Waals surface area contributed by atoms with E-state index in [0.29, 0.717) is 19.6 Å². The molecular formula is C20H27NO3. The SMILES string of the molecule is CCCO[C@@](C)(CC)C(=O)Nc1ccc(OCC)c2ccccc12. The van der Waals surface area contributed by atoms with Gasteiger partial charge in [-0.1, -0.05) is 38.1 Å². The van der Waals surface area contributed by atoms with Gasteiger partial charge >= 0.3 is 0 Å². The third-order valence-electron chi connectivity index (χ3n) is 4.21. The summed E-state index contributed by atoms with van der Waals surface area (Å²) in [5, 5.41) is 4.99. The highest BCUT2D eigenvalue weighted by Crippen LogP contribution is 2.32. The van der Waals surface area contributed by atoms with Crippen LogP contribution in [0.2, 0.25) is 0 Å². The largest absolute Gasteiger partial charge is 0.493 e. The number of benzene rings is 2. The van der Waals surface area contributed by atoms with Crippen LogP contribution in [0.5, 0.6) is 5.75 Å². The molecule has 0 bridgehead atoms. The fourth-order valence-electron chi connectivity index (χ4n) is 2.57. The minimum Gasteiger partial charge on any atom is -0.493 e. The minimum atomic E-state index is -0.824. The smallest absolute Gasteiger partial charge is 0.256 e. The Hall–Kier alpha value is -2.07. The molecule has 2 rings (SSSR count). The van der Waals surface area contributed by atoms with Gasteiger partial charge in [-0.2, -0.15) is 0 Å². The number of carbonyl (C=O) groups is 1. The molecule has 0 spiro atoms. The summed E-state index contributed by atoms with van der Waals surface area (Å²) < 4.78 is 11.5. The average Bonchev–Trinajstić information content (AvgIpc) is 2.61. The van der Waals surface area contributed by atoms with Crippen LogP contribution < -0.4 is 10.1 Å². The van der Waals surface area contributed by atoms with Gasteiger partial charge in [0.15, 0.2) is 0 Å². The topological polar surface area (TPSA) is 47.6 Å². The van der Waals surface area contributed by atoms with E-state index in [2.05, 4.69) is 5.32 Å². The van der Waals surface area contributed by atoms with E-state index in [1.54, 1.807) is 0 Å². The van der Waals surface area contributed by atoms with Crippen LogP contribution in [0, 0.1) is 0 Å². The van der Waals surface area contributed by atoms with Crippen molar-refractivity contribution in [3.63, 3.8) is 0 Å². The lowest BCUT2D eigenvalue weighted by molar-refractivity contribution is -0.139. The molecule has 4 nitrogen and oxygen atoms in total. The van der Waals surface area contributed by atoms with Crippen molar-refractivity contribution in [3.05, 3.63) is 36.4 Å². The summed E-state index contributed by atoms with van der Waals surface area (Å²) in [7, 11) is 0. The maximum Gasteiger partial charge on any atom is 0.256 e. The number of rotatable bonds is 8. The Morgan fingerprint density at radius 3 is 2.42 bits per heavy atom. The quantitative estimate of drug-likeness (QED) is 0.758. The fraction of sp³-hybridized carbons (Fsp3) is 0.450. The molecule has 0 aromatic heterocycles. The monoisotopic (exact) mass is 329 g/mol. The van der Waals surface area contributed by atoms with Crippen molar-refractivity contribution < 1.29 is 14.3 Å². The first-order valence-corrected chi connectivity index (χ1v) is 8.65. The van der Waals surface area contributed by atoms with Crippen molar-refractivity contribution >= 4 is 22.4 Å². The van der Waals surface area contributed by atoms with Gasteiger partial charge in [0.1, 0.15) is 11.4 Å². The number of anilines is 1. The Morgan fingerprint density at radius 1 is 1.08 bits per heavy atom. The third-order valence-corrected chi connectivity index (χ3v) is 4.21. The van der Waals surface area contributed by atoms with E-state index < -0.39 is 5.60 Å². The summed E-state index contributed by atoms with van der Waals surface area (Å²) in [6, 6.07) is 11.7. The number of amides is 1. The van der Waals surface area contributed by atoms with Crippen LogP contribution in [-0.2, 0) is 9.53 Å². The Balaban J connectivity index is 2.33. The molecule has 4 heteroatoms. The summed E-state index contributed by atoms with van der Waals surface area (Å²) >= 11 is 0. The second kappa shape index (κ2) is 8.15. The van der Waals surface area contributed by atoms with Gasteiger partial charge in [0.05, 0.1) is 6.61 Å². The van der Waals surface area contributed by atoms with Gasteiger partial charge in [-0.05, 0) is 38.8 Å². The summed E-state index contributed by atoms with van der Waals surface area (Å²) in [5.74, 6) is 0.708. The lowest BCUT2D eigenvalue weighted by Crippen LogP contribution is -2.42. The van der Waals surface area contributed by atoms with Crippen molar-refractivity contribution in [2.24, 2.45) is 0 Å². The summed E-state index contributed by atoms with van der Waals surface area (Å²) in [5.41, 5.74) is -0.0470. The summed E-state index contributed by atoms with van der Waals surface area (Å²) in [6.07, 6.45) is 1.50. The molecule has 130 valence electrons. The lowest BCUT2D eigenvalue weighted by atomic mass is 10.0.